The van der Waals surface area contributed by atoms with Crippen LogP contribution in [0, 0.1) is 6.92 Å². The number of nitrogens with zero attached hydrogens (tertiary/aromatic N) is 1. The minimum atomic E-state index is -3.85. The standard InChI is InChI=1S/C20H20N2O5S/c1-4-14-5-6-16(18-11-13(2)21-27-18)12-19(14)28(24,25)22-17-9-7-15(8-10-17)20(23)26-3/h5-12,22H,4H2,1-3H3. The molecule has 0 saturated heterocycles. The van der Waals surface area contributed by atoms with Crippen molar-refractivity contribution in [3.63, 3.8) is 0 Å². The van der Waals surface area contributed by atoms with Gasteiger partial charge in [0.15, 0.2) is 5.76 Å². The Bertz CT molecular complexity index is 1100. The van der Waals surface area contributed by atoms with Gasteiger partial charge in [0.1, 0.15) is 0 Å². The van der Waals surface area contributed by atoms with Crippen LogP contribution in [0.5, 0.6) is 0 Å². The first-order chi connectivity index (χ1) is 13.3. The van der Waals surface area contributed by atoms with Gasteiger partial charge in [-0.05, 0) is 49.2 Å². The van der Waals surface area contributed by atoms with E-state index in [1.807, 2.05) is 13.0 Å². The molecular formula is C20H20N2O5S. The fraction of sp³-hybridized carbons (Fsp3) is 0.200. The molecule has 3 rings (SSSR count). The lowest BCUT2D eigenvalue weighted by Crippen LogP contribution is -2.15. The number of rotatable bonds is 6. The van der Waals surface area contributed by atoms with Crippen molar-refractivity contribution in [1.82, 2.24) is 5.16 Å². The molecule has 28 heavy (non-hydrogen) atoms. The second-order valence-electron chi connectivity index (χ2n) is 6.18. The van der Waals surface area contributed by atoms with Crippen LogP contribution < -0.4 is 4.72 Å². The molecular weight excluding hydrogens is 380 g/mol. The van der Waals surface area contributed by atoms with Crippen molar-refractivity contribution in [2.75, 3.05) is 11.8 Å². The van der Waals surface area contributed by atoms with E-state index in [0.29, 0.717) is 40.3 Å². The first-order valence-electron chi connectivity index (χ1n) is 8.62. The van der Waals surface area contributed by atoms with Crippen LogP contribution in [0.2, 0.25) is 0 Å². The molecule has 1 aromatic heterocycles. The number of esters is 1. The summed E-state index contributed by atoms with van der Waals surface area (Å²) in [6.45, 7) is 3.68. The summed E-state index contributed by atoms with van der Waals surface area (Å²) in [5.41, 5.74) is 2.69. The highest BCUT2D eigenvalue weighted by Crippen LogP contribution is 2.28. The smallest absolute Gasteiger partial charge is 0.337 e. The second-order valence-corrected chi connectivity index (χ2v) is 7.83. The maximum atomic E-state index is 13.0. The fourth-order valence-corrected chi connectivity index (χ4v) is 4.15. The molecule has 0 spiro atoms. The number of nitrogens with one attached hydrogen (secondary N) is 1. The summed E-state index contributed by atoms with van der Waals surface area (Å²) in [7, 11) is -2.56. The molecule has 0 amide bonds. The first-order valence-corrected chi connectivity index (χ1v) is 10.1. The van der Waals surface area contributed by atoms with E-state index in [0.717, 1.165) is 0 Å². The molecule has 2 aromatic carbocycles. The zero-order valence-corrected chi connectivity index (χ0v) is 16.5. The Kier molecular flexibility index (Phi) is 5.51. The Hall–Kier alpha value is -3.13. The highest BCUT2D eigenvalue weighted by atomic mass is 32.2. The molecule has 7 nitrogen and oxygen atoms in total. The van der Waals surface area contributed by atoms with E-state index in [4.69, 9.17) is 4.52 Å². The molecule has 0 fully saturated rings. The molecule has 0 radical (unpaired) electrons. The number of carbonyl (C=O) groups is 1. The van der Waals surface area contributed by atoms with Crippen molar-refractivity contribution in [2.24, 2.45) is 0 Å². The van der Waals surface area contributed by atoms with E-state index >= 15 is 0 Å². The number of carbonyl (C=O) groups excluding carboxylic acids is 1. The van der Waals surface area contributed by atoms with Crippen molar-refractivity contribution in [3.8, 4) is 11.3 Å². The molecule has 3 aromatic rings. The first kappa shape index (κ1) is 19.6. The molecule has 0 atom stereocenters. The SMILES string of the molecule is CCc1ccc(-c2cc(C)no2)cc1S(=O)(=O)Nc1ccc(C(=O)OC)cc1. The molecule has 0 bridgehead atoms. The highest BCUT2D eigenvalue weighted by molar-refractivity contribution is 7.92. The van der Waals surface area contributed by atoms with Crippen LogP contribution in [0.25, 0.3) is 11.3 Å². The van der Waals surface area contributed by atoms with E-state index in [9.17, 15) is 13.2 Å². The number of hydrogen-bond donors (Lipinski definition) is 1. The summed E-state index contributed by atoms with van der Waals surface area (Å²) in [6, 6.07) is 12.9. The van der Waals surface area contributed by atoms with Gasteiger partial charge in [0.05, 0.1) is 23.3 Å². The molecule has 1 heterocycles. The van der Waals surface area contributed by atoms with Crippen LogP contribution in [0.15, 0.2) is 57.9 Å². The number of aryl methyl sites for hydroxylation is 2. The quantitative estimate of drug-likeness (QED) is 0.632. The molecule has 146 valence electrons. The van der Waals surface area contributed by atoms with E-state index in [-0.39, 0.29) is 4.90 Å². The van der Waals surface area contributed by atoms with Crippen LogP contribution in [0.4, 0.5) is 5.69 Å². The third-order valence-corrected chi connectivity index (χ3v) is 5.67. The van der Waals surface area contributed by atoms with Crippen LogP contribution in [0.3, 0.4) is 0 Å². The molecule has 0 saturated carbocycles. The summed E-state index contributed by atoms with van der Waals surface area (Å²) < 4.78 is 38.4. The average molecular weight is 400 g/mol. The molecule has 0 aliphatic heterocycles. The Morgan fingerprint density at radius 1 is 1.14 bits per heavy atom. The predicted octanol–water partition coefficient (Wildman–Crippen LogP) is 3.80. The fourth-order valence-electron chi connectivity index (χ4n) is 2.75. The van der Waals surface area contributed by atoms with E-state index in [1.54, 1.807) is 25.1 Å². The minimum Gasteiger partial charge on any atom is -0.465 e. The predicted molar refractivity (Wildman–Crippen MR) is 105 cm³/mol. The maximum Gasteiger partial charge on any atom is 0.337 e. The number of hydrogen-bond acceptors (Lipinski definition) is 6. The van der Waals surface area contributed by atoms with Gasteiger partial charge in [-0.1, -0.05) is 24.2 Å². The highest BCUT2D eigenvalue weighted by Gasteiger charge is 2.20. The number of methoxy groups -OCH3 is 1. The monoisotopic (exact) mass is 400 g/mol. The van der Waals surface area contributed by atoms with E-state index in [2.05, 4.69) is 14.6 Å². The van der Waals surface area contributed by atoms with Gasteiger partial charge in [-0.25, -0.2) is 13.2 Å². The third kappa shape index (κ3) is 4.07. The molecule has 1 N–H and O–H groups in total. The van der Waals surface area contributed by atoms with Crippen LogP contribution >= 0.6 is 0 Å². The Labute approximate surface area is 163 Å². The summed E-state index contributed by atoms with van der Waals surface area (Å²) in [4.78, 5) is 11.7. The molecule has 0 unspecified atom stereocenters. The number of ether oxygens (including phenoxy) is 1. The third-order valence-electron chi connectivity index (χ3n) is 4.21. The van der Waals surface area contributed by atoms with Crippen LogP contribution in [-0.4, -0.2) is 26.7 Å². The maximum absolute atomic E-state index is 13.0. The van der Waals surface area contributed by atoms with Gasteiger partial charge in [0.25, 0.3) is 10.0 Å². The second kappa shape index (κ2) is 7.85. The van der Waals surface area contributed by atoms with Gasteiger partial charge in [-0.2, -0.15) is 0 Å². The van der Waals surface area contributed by atoms with Crippen molar-refractivity contribution >= 4 is 21.7 Å². The largest absolute Gasteiger partial charge is 0.465 e. The number of benzene rings is 2. The van der Waals surface area contributed by atoms with Crippen LogP contribution in [-0.2, 0) is 21.2 Å². The Morgan fingerprint density at radius 3 is 2.43 bits per heavy atom. The number of sulfonamides is 1. The van der Waals surface area contributed by atoms with Crippen molar-refractivity contribution in [3.05, 3.63) is 65.4 Å². The van der Waals surface area contributed by atoms with Gasteiger partial charge in [0.2, 0.25) is 0 Å². The topological polar surface area (TPSA) is 98.5 Å². The molecule has 0 aliphatic rings. The lowest BCUT2D eigenvalue weighted by Gasteiger charge is -2.13. The zero-order chi connectivity index (χ0) is 20.3. The van der Waals surface area contributed by atoms with Crippen molar-refractivity contribution in [2.45, 2.75) is 25.2 Å². The number of anilines is 1. The van der Waals surface area contributed by atoms with Crippen molar-refractivity contribution < 1.29 is 22.5 Å². The zero-order valence-electron chi connectivity index (χ0n) is 15.7. The van der Waals surface area contributed by atoms with Gasteiger partial charge < -0.3 is 9.26 Å². The van der Waals surface area contributed by atoms with Crippen molar-refractivity contribution in [1.29, 1.82) is 0 Å². The Balaban J connectivity index is 1.95. The Morgan fingerprint density at radius 2 is 1.86 bits per heavy atom. The summed E-state index contributed by atoms with van der Waals surface area (Å²) in [5.74, 6) is 0.0109. The summed E-state index contributed by atoms with van der Waals surface area (Å²) >= 11 is 0. The molecule has 0 aliphatic carbocycles. The van der Waals surface area contributed by atoms with E-state index in [1.165, 1.54) is 31.4 Å². The molecule has 8 heteroatoms. The average Bonchev–Trinajstić information content (AvgIpc) is 3.13. The van der Waals surface area contributed by atoms with Gasteiger partial charge in [-0.3, -0.25) is 4.72 Å². The lowest BCUT2D eigenvalue weighted by molar-refractivity contribution is 0.0600. The van der Waals surface area contributed by atoms with Gasteiger partial charge >= 0.3 is 5.97 Å². The minimum absolute atomic E-state index is 0.165. The lowest BCUT2D eigenvalue weighted by atomic mass is 10.1. The number of aromatic nitrogens is 1. The van der Waals surface area contributed by atoms with E-state index < -0.39 is 16.0 Å². The normalized spacial score (nSPS) is 11.2. The van der Waals surface area contributed by atoms with Gasteiger partial charge in [0, 0.05) is 17.3 Å². The summed E-state index contributed by atoms with van der Waals surface area (Å²) in [5, 5.41) is 3.85. The van der Waals surface area contributed by atoms with Crippen LogP contribution in [0.1, 0.15) is 28.5 Å². The summed E-state index contributed by atoms with van der Waals surface area (Å²) in [6.07, 6.45) is 0.549. The van der Waals surface area contributed by atoms with Gasteiger partial charge in [-0.15, -0.1) is 0 Å².